The number of H-pyrrole nitrogens is 1. The highest BCUT2D eigenvalue weighted by Crippen LogP contribution is 2.29. The molecule has 2 amide bonds. The molecule has 0 bridgehead atoms. The molecular weight excluding hydrogens is 288 g/mol. The van der Waals surface area contributed by atoms with Crippen LogP contribution < -0.4 is 10.6 Å². The maximum Gasteiger partial charge on any atom is 0.244 e. The van der Waals surface area contributed by atoms with Gasteiger partial charge in [0, 0.05) is 12.0 Å². The number of aromatic nitrogens is 2. The molecule has 0 spiro atoms. The third kappa shape index (κ3) is 3.30. The average Bonchev–Trinajstić information content (AvgIpc) is 3.08. The monoisotopic (exact) mass is 304 g/mol. The normalized spacial score (nSPS) is 14.0. The van der Waals surface area contributed by atoms with Crippen LogP contribution in [0.1, 0.15) is 18.4 Å². The lowest BCUT2D eigenvalue weighted by atomic mass is 10.2. The third-order valence-corrected chi connectivity index (χ3v) is 4.37. The van der Waals surface area contributed by atoms with E-state index in [-0.39, 0.29) is 24.3 Å². The van der Waals surface area contributed by atoms with E-state index in [0.29, 0.717) is 5.82 Å². The van der Waals surface area contributed by atoms with E-state index in [0.717, 1.165) is 23.4 Å². The van der Waals surface area contributed by atoms with Crippen LogP contribution >= 0.6 is 11.3 Å². The van der Waals surface area contributed by atoms with Gasteiger partial charge in [-0.3, -0.25) is 14.7 Å². The molecule has 21 heavy (non-hydrogen) atoms. The minimum atomic E-state index is -0.273. The minimum Gasteiger partial charge on any atom is -0.347 e. The van der Waals surface area contributed by atoms with Gasteiger partial charge in [0.2, 0.25) is 11.8 Å². The number of carbonyl (C=O) groups is 2. The Morgan fingerprint density at radius 1 is 1.48 bits per heavy atom. The third-order valence-electron chi connectivity index (χ3n) is 3.32. The van der Waals surface area contributed by atoms with Crippen LogP contribution in [-0.2, 0) is 9.59 Å². The number of hydrogen-bond donors (Lipinski definition) is 3. The van der Waals surface area contributed by atoms with Gasteiger partial charge in [-0.25, -0.2) is 0 Å². The first-order valence-corrected chi connectivity index (χ1v) is 7.69. The lowest BCUT2D eigenvalue weighted by molar-refractivity contribution is -0.125. The predicted octanol–water partition coefficient (Wildman–Crippen LogP) is 1.91. The van der Waals surface area contributed by atoms with Crippen molar-refractivity contribution in [2.75, 3.05) is 11.9 Å². The molecule has 0 saturated heterocycles. The average molecular weight is 304 g/mol. The Kier molecular flexibility index (Phi) is 3.74. The van der Waals surface area contributed by atoms with Crippen molar-refractivity contribution >= 4 is 29.0 Å². The summed E-state index contributed by atoms with van der Waals surface area (Å²) in [5.74, 6) is 0.257. The SMILES string of the molecule is Cc1ccsc1-c1cc(NC(=O)CNC(=O)C2CC2)n[nH]1. The second-order valence-electron chi connectivity index (χ2n) is 5.14. The van der Waals surface area contributed by atoms with Gasteiger partial charge in [0.05, 0.1) is 17.1 Å². The molecule has 1 aliphatic rings. The molecule has 7 heteroatoms. The summed E-state index contributed by atoms with van der Waals surface area (Å²) in [4.78, 5) is 24.3. The maximum atomic E-state index is 11.7. The van der Waals surface area contributed by atoms with E-state index in [1.807, 2.05) is 18.4 Å². The van der Waals surface area contributed by atoms with Gasteiger partial charge in [-0.15, -0.1) is 11.3 Å². The number of aryl methyl sites for hydroxylation is 1. The van der Waals surface area contributed by atoms with Gasteiger partial charge < -0.3 is 10.6 Å². The van der Waals surface area contributed by atoms with Gasteiger partial charge in [-0.2, -0.15) is 5.10 Å². The zero-order valence-electron chi connectivity index (χ0n) is 11.6. The lowest BCUT2D eigenvalue weighted by Crippen LogP contribution is -2.33. The van der Waals surface area contributed by atoms with Crippen molar-refractivity contribution in [3.8, 4) is 10.6 Å². The van der Waals surface area contributed by atoms with Crippen LogP contribution in [0.5, 0.6) is 0 Å². The van der Waals surface area contributed by atoms with Crippen LogP contribution in [0.2, 0.25) is 0 Å². The summed E-state index contributed by atoms with van der Waals surface area (Å²) < 4.78 is 0. The highest BCUT2D eigenvalue weighted by atomic mass is 32.1. The number of nitrogens with zero attached hydrogens (tertiary/aromatic N) is 1. The van der Waals surface area contributed by atoms with Gasteiger partial charge in [0.15, 0.2) is 5.82 Å². The highest BCUT2D eigenvalue weighted by Gasteiger charge is 2.29. The lowest BCUT2D eigenvalue weighted by Gasteiger charge is -2.03. The molecule has 2 aromatic heterocycles. The van der Waals surface area contributed by atoms with Crippen molar-refractivity contribution in [1.29, 1.82) is 0 Å². The number of aromatic amines is 1. The molecule has 0 atom stereocenters. The van der Waals surface area contributed by atoms with Crippen LogP contribution in [0.4, 0.5) is 5.82 Å². The van der Waals surface area contributed by atoms with Crippen molar-refractivity contribution in [2.45, 2.75) is 19.8 Å². The fraction of sp³-hybridized carbons (Fsp3) is 0.357. The summed E-state index contributed by atoms with van der Waals surface area (Å²) in [5.41, 5.74) is 2.04. The molecule has 0 aliphatic heterocycles. The first-order chi connectivity index (χ1) is 10.1. The Morgan fingerprint density at radius 2 is 2.29 bits per heavy atom. The van der Waals surface area contributed by atoms with E-state index >= 15 is 0 Å². The smallest absolute Gasteiger partial charge is 0.244 e. The number of hydrogen-bond acceptors (Lipinski definition) is 4. The number of rotatable bonds is 5. The largest absolute Gasteiger partial charge is 0.347 e. The Hall–Kier alpha value is -2.15. The number of amides is 2. The topological polar surface area (TPSA) is 86.9 Å². The van der Waals surface area contributed by atoms with Crippen LogP contribution in [-0.4, -0.2) is 28.6 Å². The summed E-state index contributed by atoms with van der Waals surface area (Å²) in [7, 11) is 0. The molecule has 1 fully saturated rings. The van der Waals surface area contributed by atoms with Gasteiger partial charge in [-0.05, 0) is 36.8 Å². The molecule has 1 saturated carbocycles. The number of anilines is 1. The van der Waals surface area contributed by atoms with Crippen LogP contribution in [0.15, 0.2) is 17.5 Å². The summed E-state index contributed by atoms with van der Waals surface area (Å²) in [5, 5.41) is 14.3. The van der Waals surface area contributed by atoms with E-state index in [1.165, 1.54) is 5.56 Å². The van der Waals surface area contributed by atoms with Crippen LogP contribution in [0.25, 0.3) is 10.6 Å². The summed E-state index contributed by atoms with van der Waals surface area (Å²) in [6.07, 6.45) is 1.85. The second-order valence-corrected chi connectivity index (χ2v) is 6.06. The molecule has 2 aromatic rings. The summed E-state index contributed by atoms with van der Waals surface area (Å²) in [6.45, 7) is 2.01. The van der Waals surface area contributed by atoms with Crippen molar-refractivity contribution < 1.29 is 9.59 Å². The van der Waals surface area contributed by atoms with Crippen molar-refractivity contribution in [3.63, 3.8) is 0 Å². The number of carbonyl (C=O) groups excluding carboxylic acids is 2. The van der Waals surface area contributed by atoms with Gasteiger partial charge in [0.1, 0.15) is 0 Å². The minimum absolute atomic E-state index is 0.0183. The molecular formula is C14H16N4O2S. The zero-order valence-corrected chi connectivity index (χ0v) is 12.4. The first kappa shape index (κ1) is 13.8. The van der Waals surface area contributed by atoms with E-state index in [4.69, 9.17) is 0 Å². The van der Waals surface area contributed by atoms with Crippen LogP contribution in [0, 0.1) is 12.8 Å². The molecule has 0 aromatic carbocycles. The molecule has 3 rings (SSSR count). The van der Waals surface area contributed by atoms with Crippen molar-refractivity contribution in [3.05, 3.63) is 23.1 Å². The van der Waals surface area contributed by atoms with Gasteiger partial charge in [-0.1, -0.05) is 0 Å². The Balaban J connectivity index is 1.55. The second kappa shape index (κ2) is 5.69. The maximum absolute atomic E-state index is 11.7. The predicted molar refractivity (Wildman–Crippen MR) is 81.0 cm³/mol. The Morgan fingerprint density at radius 3 is 2.95 bits per heavy atom. The van der Waals surface area contributed by atoms with Crippen molar-refractivity contribution in [1.82, 2.24) is 15.5 Å². The molecule has 3 N–H and O–H groups in total. The van der Waals surface area contributed by atoms with Gasteiger partial charge in [0.25, 0.3) is 0 Å². The quantitative estimate of drug-likeness (QED) is 0.788. The Labute approximate surface area is 125 Å². The fourth-order valence-electron chi connectivity index (χ4n) is 2.00. The van der Waals surface area contributed by atoms with E-state index < -0.39 is 0 Å². The van der Waals surface area contributed by atoms with E-state index in [1.54, 1.807) is 17.4 Å². The number of thiophene rings is 1. The van der Waals surface area contributed by atoms with E-state index in [9.17, 15) is 9.59 Å². The standard InChI is InChI=1S/C14H16N4O2S/c1-8-4-5-21-13(8)10-6-11(18-17-10)16-12(19)7-15-14(20)9-2-3-9/h4-6,9H,2-3,7H2,1H3,(H,15,20)(H2,16,17,18,19). The molecule has 110 valence electrons. The van der Waals surface area contributed by atoms with Gasteiger partial charge >= 0.3 is 0 Å². The molecule has 6 nitrogen and oxygen atoms in total. The highest BCUT2D eigenvalue weighted by molar-refractivity contribution is 7.13. The zero-order chi connectivity index (χ0) is 14.8. The number of nitrogens with one attached hydrogen (secondary N) is 3. The molecule has 0 unspecified atom stereocenters. The molecule has 1 aliphatic carbocycles. The fourth-order valence-corrected chi connectivity index (χ4v) is 2.89. The first-order valence-electron chi connectivity index (χ1n) is 6.81. The van der Waals surface area contributed by atoms with E-state index in [2.05, 4.69) is 20.8 Å². The summed E-state index contributed by atoms with van der Waals surface area (Å²) >= 11 is 1.62. The Bertz CT molecular complexity index is 672. The van der Waals surface area contributed by atoms with Crippen molar-refractivity contribution in [2.24, 2.45) is 5.92 Å². The molecule has 0 radical (unpaired) electrons. The molecule has 2 heterocycles. The summed E-state index contributed by atoms with van der Waals surface area (Å²) in [6, 6.07) is 3.83. The van der Waals surface area contributed by atoms with Crippen LogP contribution in [0.3, 0.4) is 0 Å².